The Balaban J connectivity index is 1.61. The third-order valence-electron chi connectivity index (χ3n) is 7.40. The minimum Gasteiger partial charge on any atom is -0.495 e. The smallest absolute Gasteiger partial charge is 0.142 e. The largest absolute Gasteiger partial charge is 0.495 e. The summed E-state index contributed by atoms with van der Waals surface area (Å²) in [6, 6.07) is 31.5. The maximum Gasteiger partial charge on any atom is 0.142 e. The molecule has 0 unspecified atom stereocenters. The van der Waals surface area contributed by atoms with Crippen LogP contribution in [0.2, 0.25) is 0 Å². The van der Waals surface area contributed by atoms with Crippen LogP contribution in [0, 0.1) is 5.92 Å². The van der Waals surface area contributed by atoms with Crippen LogP contribution < -0.4 is 9.64 Å². The van der Waals surface area contributed by atoms with Gasteiger partial charge < -0.3 is 9.64 Å². The second-order valence-corrected chi connectivity index (χ2v) is 8.94. The lowest BCUT2D eigenvalue weighted by Crippen LogP contribution is -2.65. The average Bonchev–Trinajstić information content (AvgIpc) is 2.86. The molecule has 0 aromatic heterocycles. The maximum atomic E-state index is 5.75. The number of para-hydroxylation sites is 2. The minimum absolute atomic E-state index is 0.340. The SMILES string of the molecule is COc1ccccc1N(C)[C@@H]1C2CCN(CC2)[C@@H]1C(c1ccccc1)c1ccccc1. The number of piperidine rings is 3. The van der Waals surface area contributed by atoms with Crippen LogP contribution in [0.1, 0.15) is 29.9 Å². The number of anilines is 1. The predicted octanol–water partition coefficient (Wildman–Crippen LogP) is 5.43. The molecule has 3 aliphatic heterocycles. The summed E-state index contributed by atoms with van der Waals surface area (Å²) in [5.74, 6) is 1.99. The zero-order valence-corrected chi connectivity index (χ0v) is 18.5. The number of fused-ring (bicyclic) bond motifs is 3. The Hall–Kier alpha value is -2.78. The molecule has 3 heterocycles. The monoisotopic (exact) mass is 412 g/mol. The number of ether oxygens (including phenoxy) is 1. The predicted molar refractivity (Wildman–Crippen MR) is 128 cm³/mol. The molecule has 3 heteroatoms. The van der Waals surface area contributed by atoms with Gasteiger partial charge in [0, 0.05) is 25.0 Å². The van der Waals surface area contributed by atoms with Crippen molar-refractivity contribution in [3.63, 3.8) is 0 Å². The fourth-order valence-electron chi connectivity index (χ4n) is 6.00. The number of rotatable bonds is 6. The number of hydrogen-bond donors (Lipinski definition) is 0. The highest BCUT2D eigenvalue weighted by Gasteiger charge is 2.48. The van der Waals surface area contributed by atoms with Crippen LogP contribution in [0.3, 0.4) is 0 Å². The second kappa shape index (κ2) is 8.76. The molecule has 2 atom stereocenters. The number of nitrogens with zero attached hydrogens (tertiary/aromatic N) is 2. The number of hydrogen-bond acceptors (Lipinski definition) is 3. The fourth-order valence-corrected chi connectivity index (χ4v) is 6.00. The summed E-state index contributed by atoms with van der Waals surface area (Å²) in [6.45, 7) is 2.39. The summed E-state index contributed by atoms with van der Waals surface area (Å²) in [7, 11) is 4.04. The summed E-state index contributed by atoms with van der Waals surface area (Å²) >= 11 is 0. The molecule has 160 valence electrons. The zero-order valence-electron chi connectivity index (χ0n) is 18.5. The van der Waals surface area contributed by atoms with Crippen molar-refractivity contribution in [3.8, 4) is 5.75 Å². The van der Waals surface area contributed by atoms with Crippen molar-refractivity contribution in [1.82, 2.24) is 4.90 Å². The van der Waals surface area contributed by atoms with E-state index in [1.807, 2.05) is 0 Å². The number of methoxy groups -OCH3 is 1. The van der Waals surface area contributed by atoms with Gasteiger partial charge in [-0.15, -0.1) is 0 Å². The highest BCUT2D eigenvalue weighted by molar-refractivity contribution is 5.59. The van der Waals surface area contributed by atoms with Crippen LogP contribution in [-0.2, 0) is 0 Å². The molecule has 31 heavy (non-hydrogen) atoms. The van der Waals surface area contributed by atoms with Gasteiger partial charge in [0.25, 0.3) is 0 Å². The molecule has 0 amide bonds. The van der Waals surface area contributed by atoms with E-state index >= 15 is 0 Å². The Bertz CT molecular complexity index is 943. The van der Waals surface area contributed by atoms with Crippen molar-refractivity contribution in [2.24, 2.45) is 5.92 Å². The van der Waals surface area contributed by atoms with Crippen molar-refractivity contribution in [2.75, 3.05) is 32.1 Å². The van der Waals surface area contributed by atoms with Crippen LogP contribution in [-0.4, -0.2) is 44.2 Å². The van der Waals surface area contributed by atoms with E-state index in [0.29, 0.717) is 23.9 Å². The Morgan fingerprint density at radius 1 is 0.806 bits per heavy atom. The second-order valence-electron chi connectivity index (χ2n) is 8.94. The highest BCUT2D eigenvalue weighted by atomic mass is 16.5. The van der Waals surface area contributed by atoms with Crippen molar-refractivity contribution in [3.05, 3.63) is 96.1 Å². The first-order valence-electron chi connectivity index (χ1n) is 11.5. The van der Waals surface area contributed by atoms with E-state index in [0.717, 1.165) is 5.75 Å². The molecule has 0 radical (unpaired) electrons. The third-order valence-corrected chi connectivity index (χ3v) is 7.40. The molecule has 3 fully saturated rings. The Kier molecular flexibility index (Phi) is 5.69. The third kappa shape index (κ3) is 3.72. The van der Waals surface area contributed by atoms with Crippen molar-refractivity contribution >= 4 is 5.69 Å². The van der Waals surface area contributed by atoms with E-state index in [1.54, 1.807) is 7.11 Å². The fraction of sp³-hybridized carbons (Fsp3) is 0.357. The van der Waals surface area contributed by atoms with E-state index in [4.69, 9.17) is 4.74 Å². The first kappa shape index (κ1) is 20.1. The Morgan fingerprint density at radius 2 is 1.35 bits per heavy atom. The summed E-state index contributed by atoms with van der Waals surface area (Å²) in [6.07, 6.45) is 2.55. The Morgan fingerprint density at radius 3 is 1.94 bits per heavy atom. The molecule has 3 nitrogen and oxygen atoms in total. The van der Waals surface area contributed by atoms with Crippen LogP contribution in [0.15, 0.2) is 84.9 Å². The van der Waals surface area contributed by atoms with Crippen LogP contribution in [0.4, 0.5) is 5.69 Å². The summed E-state index contributed by atoms with van der Waals surface area (Å²) in [5.41, 5.74) is 4.00. The van der Waals surface area contributed by atoms with Gasteiger partial charge in [0.2, 0.25) is 0 Å². The van der Waals surface area contributed by atoms with Gasteiger partial charge >= 0.3 is 0 Å². The van der Waals surface area contributed by atoms with Gasteiger partial charge in [-0.3, -0.25) is 4.90 Å². The standard InChI is InChI=1S/C28H32N2O/c1-29(24-15-9-10-16-25(24)31-2)27-23-17-19-30(20-18-23)28(27)26(21-11-5-3-6-12-21)22-13-7-4-8-14-22/h3-16,23,26-28H,17-20H2,1-2H3/t27-,28-/m1/s1. The molecule has 0 aliphatic carbocycles. The molecular weight excluding hydrogens is 380 g/mol. The van der Waals surface area contributed by atoms with Gasteiger partial charge in [-0.25, -0.2) is 0 Å². The highest BCUT2D eigenvalue weighted by Crippen LogP contribution is 2.45. The lowest BCUT2D eigenvalue weighted by atomic mass is 9.70. The zero-order chi connectivity index (χ0) is 21.2. The van der Waals surface area contributed by atoms with E-state index in [2.05, 4.69) is 102 Å². The number of benzene rings is 3. The van der Waals surface area contributed by atoms with Gasteiger partial charge in [-0.2, -0.15) is 0 Å². The molecular formula is C28H32N2O. The molecule has 3 aromatic rings. The van der Waals surface area contributed by atoms with Crippen LogP contribution in [0.25, 0.3) is 0 Å². The van der Waals surface area contributed by atoms with Crippen molar-refractivity contribution in [1.29, 1.82) is 0 Å². The topological polar surface area (TPSA) is 15.7 Å². The van der Waals surface area contributed by atoms with Gasteiger partial charge in [-0.1, -0.05) is 72.8 Å². The summed E-state index contributed by atoms with van der Waals surface area (Å²) < 4.78 is 5.75. The van der Waals surface area contributed by atoms with Crippen LogP contribution in [0.5, 0.6) is 5.75 Å². The van der Waals surface area contributed by atoms with Crippen molar-refractivity contribution in [2.45, 2.75) is 30.8 Å². The average molecular weight is 413 g/mol. The molecule has 0 N–H and O–H groups in total. The van der Waals surface area contributed by atoms with Gasteiger partial charge in [0.15, 0.2) is 0 Å². The Labute approximate surface area is 186 Å². The van der Waals surface area contributed by atoms with E-state index in [1.165, 1.54) is 42.7 Å². The first-order chi connectivity index (χ1) is 15.3. The summed E-state index contributed by atoms with van der Waals surface area (Å²) in [4.78, 5) is 5.26. The van der Waals surface area contributed by atoms with E-state index in [-0.39, 0.29) is 0 Å². The van der Waals surface area contributed by atoms with Crippen molar-refractivity contribution < 1.29 is 4.74 Å². The molecule has 2 bridgehead atoms. The minimum atomic E-state index is 0.340. The van der Waals surface area contributed by atoms with Gasteiger partial charge in [0.05, 0.1) is 12.8 Å². The normalized spacial score (nSPS) is 24.9. The first-order valence-corrected chi connectivity index (χ1v) is 11.5. The molecule has 0 spiro atoms. The lowest BCUT2D eigenvalue weighted by molar-refractivity contribution is 0.0185. The van der Waals surface area contributed by atoms with Gasteiger partial charge in [0.1, 0.15) is 5.75 Å². The van der Waals surface area contributed by atoms with Gasteiger partial charge in [-0.05, 0) is 55.1 Å². The number of likely N-dealkylation sites (N-methyl/N-ethyl adjacent to an activating group) is 1. The quantitative estimate of drug-likeness (QED) is 0.537. The molecule has 6 rings (SSSR count). The molecule has 3 saturated heterocycles. The maximum absolute atomic E-state index is 5.75. The molecule has 0 saturated carbocycles. The van der Waals surface area contributed by atoms with Crippen LogP contribution >= 0.6 is 0 Å². The molecule has 3 aliphatic rings. The summed E-state index contributed by atoms with van der Waals surface area (Å²) in [5, 5.41) is 0. The molecule has 3 aromatic carbocycles. The van der Waals surface area contributed by atoms with E-state index < -0.39 is 0 Å². The van der Waals surface area contributed by atoms with E-state index in [9.17, 15) is 0 Å². The lowest BCUT2D eigenvalue weighted by Gasteiger charge is -2.56.